The van der Waals surface area contributed by atoms with Crippen LogP contribution in [0, 0.1) is 0 Å². The van der Waals surface area contributed by atoms with E-state index in [4.69, 9.17) is 0 Å². The van der Waals surface area contributed by atoms with Crippen molar-refractivity contribution in [1.82, 2.24) is 4.67 Å². The lowest BCUT2D eigenvalue weighted by molar-refractivity contribution is 0.227. The fourth-order valence-corrected chi connectivity index (χ4v) is 3.04. The quantitative estimate of drug-likeness (QED) is 0.768. The van der Waals surface area contributed by atoms with Crippen LogP contribution in [0.15, 0.2) is 30.3 Å². The Kier molecular flexibility index (Phi) is 5.34. The Bertz CT molecular complexity index is 377. The molecule has 0 radical (unpaired) electrons. The number of rotatable bonds is 6. The maximum absolute atomic E-state index is 11.4. The molecule has 0 aliphatic carbocycles. The molecular weight excluding hydrogens is 237 g/mol. The zero-order chi connectivity index (χ0) is 12.9. The molecule has 1 unspecified atom stereocenters. The maximum Gasteiger partial charge on any atom is 0.403 e. The van der Waals surface area contributed by atoms with Gasteiger partial charge in [0.05, 0.1) is 0 Å². The fraction of sp³-hybridized carbons (Fsp3) is 0.500. The summed E-state index contributed by atoms with van der Waals surface area (Å²) in [6.07, 6.45) is 1.38. The van der Waals surface area contributed by atoms with E-state index in [2.05, 4.69) is 0 Å². The van der Waals surface area contributed by atoms with Gasteiger partial charge in [-0.25, -0.2) is 9.24 Å². The summed E-state index contributed by atoms with van der Waals surface area (Å²) in [5.74, 6) is 0. The minimum absolute atomic E-state index is 0.122. The summed E-state index contributed by atoms with van der Waals surface area (Å²) >= 11 is 0. The lowest BCUT2D eigenvalue weighted by atomic mass is 10.0. The molecule has 1 atom stereocenters. The van der Waals surface area contributed by atoms with Crippen LogP contribution < -0.4 is 0 Å². The smallest absolute Gasteiger partial charge is 0.312 e. The molecule has 17 heavy (non-hydrogen) atoms. The zero-order valence-electron chi connectivity index (χ0n) is 10.3. The van der Waals surface area contributed by atoms with Crippen LogP contribution in [0.5, 0.6) is 0 Å². The van der Waals surface area contributed by atoms with Crippen molar-refractivity contribution in [3.05, 3.63) is 35.9 Å². The Hall–Kier alpha value is -0.670. The number of hydrogen-bond acceptors (Lipinski definition) is 1. The summed E-state index contributed by atoms with van der Waals surface area (Å²) in [6, 6.07) is 9.66. The molecule has 96 valence electrons. The van der Waals surface area contributed by atoms with E-state index < -0.39 is 7.75 Å². The van der Waals surface area contributed by atoms with E-state index in [-0.39, 0.29) is 6.04 Å². The van der Waals surface area contributed by atoms with Crippen LogP contribution in [-0.2, 0) is 11.0 Å². The molecule has 0 heterocycles. The van der Waals surface area contributed by atoms with Gasteiger partial charge in [-0.05, 0) is 18.4 Å². The molecule has 0 aliphatic heterocycles. The SMILES string of the molecule is CCC(Cc1ccccc1)N(CC)P(=O)(O)O. The van der Waals surface area contributed by atoms with Gasteiger partial charge in [0.2, 0.25) is 0 Å². The van der Waals surface area contributed by atoms with Crippen LogP contribution in [0.4, 0.5) is 0 Å². The highest BCUT2D eigenvalue weighted by atomic mass is 31.2. The first-order chi connectivity index (χ1) is 7.99. The Morgan fingerprint density at radius 3 is 2.24 bits per heavy atom. The average molecular weight is 257 g/mol. The Labute approximate surface area is 102 Å². The summed E-state index contributed by atoms with van der Waals surface area (Å²) in [5.41, 5.74) is 1.10. The highest BCUT2D eigenvalue weighted by molar-refractivity contribution is 7.49. The van der Waals surface area contributed by atoms with Crippen molar-refractivity contribution in [2.45, 2.75) is 32.7 Å². The summed E-state index contributed by atoms with van der Waals surface area (Å²) in [6.45, 7) is 4.08. The zero-order valence-corrected chi connectivity index (χ0v) is 11.2. The van der Waals surface area contributed by atoms with Crippen LogP contribution in [0.1, 0.15) is 25.8 Å². The van der Waals surface area contributed by atoms with Gasteiger partial charge >= 0.3 is 7.75 Å². The Morgan fingerprint density at radius 2 is 1.82 bits per heavy atom. The first-order valence-corrected chi connectivity index (χ1v) is 7.42. The van der Waals surface area contributed by atoms with Gasteiger partial charge in [-0.3, -0.25) is 0 Å². The van der Waals surface area contributed by atoms with Crippen LogP contribution in [0.3, 0.4) is 0 Å². The highest BCUT2D eigenvalue weighted by Gasteiger charge is 2.30. The number of hydrogen-bond donors (Lipinski definition) is 2. The van der Waals surface area contributed by atoms with Gasteiger partial charge < -0.3 is 9.79 Å². The fourth-order valence-electron chi connectivity index (χ4n) is 2.00. The van der Waals surface area contributed by atoms with Crippen LogP contribution in [-0.4, -0.2) is 27.0 Å². The van der Waals surface area contributed by atoms with Crippen molar-refractivity contribution in [3.8, 4) is 0 Å². The topological polar surface area (TPSA) is 60.8 Å². The van der Waals surface area contributed by atoms with Crippen LogP contribution in [0.2, 0.25) is 0 Å². The Morgan fingerprint density at radius 1 is 1.24 bits per heavy atom. The van der Waals surface area contributed by atoms with E-state index >= 15 is 0 Å². The Balaban J connectivity index is 2.81. The summed E-state index contributed by atoms with van der Waals surface area (Å²) in [4.78, 5) is 18.6. The second-order valence-corrected chi connectivity index (χ2v) is 5.56. The first kappa shape index (κ1) is 14.4. The molecule has 0 aromatic heterocycles. The average Bonchev–Trinajstić information content (AvgIpc) is 2.28. The monoisotopic (exact) mass is 257 g/mol. The molecule has 0 amide bonds. The molecule has 1 rings (SSSR count). The molecule has 4 nitrogen and oxygen atoms in total. The van der Waals surface area contributed by atoms with Gasteiger partial charge in [-0.15, -0.1) is 0 Å². The lowest BCUT2D eigenvalue weighted by Gasteiger charge is -2.30. The van der Waals surface area contributed by atoms with Crippen molar-refractivity contribution in [1.29, 1.82) is 0 Å². The van der Waals surface area contributed by atoms with Crippen molar-refractivity contribution < 1.29 is 14.4 Å². The van der Waals surface area contributed by atoms with Crippen molar-refractivity contribution >= 4 is 7.75 Å². The summed E-state index contributed by atoms with van der Waals surface area (Å²) < 4.78 is 12.7. The molecule has 5 heteroatoms. The summed E-state index contributed by atoms with van der Waals surface area (Å²) in [5, 5.41) is 0. The van der Waals surface area contributed by atoms with Crippen molar-refractivity contribution in [2.75, 3.05) is 6.54 Å². The minimum atomic E-state index is -4.15. The third-order valence-electron chi connectivity index (χ3n) is 2.87. The maximum atomic E-state index is 11.4. The van der Waals surface area contributed by atoms with Crippen LogP contribution in [0.25, 0.3) is 0 Å². The molecule has 0 aliphatic rings. The summed E-state index contributed by atoms with van der Waals surface area (Å²) in [7, 11) is -4.15. The van der Waals surface area contributed by atoms with Gasteiger partial charge in [-0.1, -0.05) is 44.2 Å². The number of nitrogens with zero attached hydrogens (tertiary/aromatic N) is 1. The molecule has 0 saturated carbocycles. The number of benzene rings is 1. The third-order valence-corrected chi connectivity index (χ3v) is 4.14. The van der Waals surface area contributed by atoms with Gasteiger partial charge in [0.1, 0.15) is 0 Å². The highest BCUT2D eigenvalue weighted by Crippen LogP contribution is 2.42. The normalized spacial score (nSPS) is 13.9. The van der Waals surface area contributed by atoms with E-state index in [0.717, 1.165) is 5.56 Å². The minimum Gasteiger partial charge on any atom is -0.312 e. The van der Waals surface area contributed by atoms with Gasteiger partial charge in [0, 0.05) is 12.6 Å². The second kappa shape index (κ2) is 6.31. The molecule has 0 fully saturated rings. The predicted molar refractivity (Wildman–Crippen MR) is 68.6 cm³/mol. The molecule has 1 aromatic carbocycles. The van der Waals surface area contributed by atoms with E-state index in [0.29, 0.717) is 19.4 Å². The van der Waals surface area contributed by atoms with E-state index in [1.165, 1.54) is 4.67 Å². The van der Waals surface area contributed by atoms with Crippen molar-refractivity contribution in [3.63, 3.8) is 0 Å². The predicted octanol–water partition coefficient (Wildman–Crippen LogP) is 2.42. The van der Waals surface area contributed by atoms with Gasteiger partial charge in [0.15, 0.2) is 0 Å². The molecule has 0 bridgehead atoms. The molecule has 0 spiro atoms. The molecule has 2 N–H and O–H groups in total. The van der Waals surface area contributed by atoms with Crippen LogP contribution >= 0.6 is 7.75 Å². The van der Waals surface area contributed by atoms with E-state index in [9.17, 15) is 14.4 Å². The van der Waals surface area contributed by atoms with E-state index in [1.807, 2.05) is 37.3 Å². The first-order valence-electron chi connectivity index (χ1n) is 5.85. The standard InChI is InChI=1S/C12H20NO3P/c1-3-12(13(4-2)17(14,15)16)10-11-8-6-5-7-9-11/h5-9,12H,3-4,10H2,1-2H3,(H2,14,15,16). The van der Waals surface area contributed by atoms with E-state index in [1.54, 1.807) is 6.92 Å². The molecule has 1 aromatic rings. The second-order valence-electron chi connectivity index (χ2n) is 4.02. The largest absolute Gasteiger partial charge is 0.403 e. The molecular formula is C12H20NO3P. The van der Waals surface area contributed by atoms with Gasteiger partial charge in [-0.2, -0.15) is 0 Å². The molecule has 0 saturated heterocycles. The number of likely N-dealkylation sites (N-methyl/N-ethyl adjacent to an activating group) is 1. The lowest BCUT2D eigenvalue weighted by Crippen LogP contribution is -2.33. The third kappa shape index (κ3) is 4.25. The van der Waals surface area contributed by atoms with Gasteiger partial charge in [0.25, 0.3) is 0 Å². The van der Waals surface area contributed by atoms with Crippen molar-refractivity contribution in [2.24, 2.45) is 0 Å².